The highest BCUT2D eigenvalue weighted by atomic mass is 16.6. The Balaban J connectivity index is 1.97. The highest BCUT2D eigenvalue weighted by Gasteiger charge is 2.46. The summed E-state index contributed by atoms with van der Waals surface area (Å²) >= 11 is 0. The van der Waals surface area contributed by atoms with Crippen molar-refractivity contribution in [2.24, 2.45) is 0 Å². The first-order valence-corrected chi connectivity index (χ1v) is 9.52. The summed E-state index contributed by atoms with van der Waals surface area (Å²) in [6.45, 7) is 3.49. The molecule has 5 radical (unpaired) electrons. The molecule has 1 aliphatic carbocycles. The molecule has 6 N–H and O–H groups in total. The summed E-state index contributed by atoms with van der Waals surface area (Å²) in [6, 6.07) is -1.45. The lowest BCUT2D eigenvalue weighted by atomic mass is 9.96. The normalized spacial score (nSPS) is 31.6. The molecule has 2 fully saturated rings. The number of carbonyl (C=O) groups excluding carboxylic acids is 3. The van der Waals surface area contributed by atoms with E-state index in [9.17, 15) is 29.7 Å². The van der Waals surface area contributed by atoms with Crippen molar-refractivity contribution in [2.75, 3.05) is 6.61 Å². The summed E-state index contributed by atoms with van der Waals surface area (Å²) in [5, 5.41) is 37.4. The topological polar surface area (TPSA) is 166 Å². The summed E-state index contributed by atoms with van der Waals surface area (Å²) in [6.07, 6.45) is 0.364. The van der Waals surface area contributed by atoms with Gasteiger partial charge in [0.05, 0.1) is 12.6 Å². The number of rotatable bonds is 8. The number of aliphatic hydroxyl groups is 3. The summed E-state index contributed by atoms with van der Waals surface area (Å²) in [4.78, 5) is 36.1. The molecule has 0 aromatic heterocycles. The fraction of sp³-hybridized carbons (Fsp3) is 0.579. The van der Waals surface area contributed by atoms with E-state index in [0.29, 0.717) is 6.04 Å². The molecule has 167 valence electrons. The zero-order valence-electron chi connectivity index (χ0n) is 16.9. The molecular weight excluding hydrogens is 398 g/mol. The molecule has 7 atom stereocenters. The number of amides is 3. The first kappa shape index (κ1) is 24.5. The molecule has 1 saturated heterocycles. The lowest BCUT2D eigenvalue weighted by Crippen LogP contribution is -2.65. The van der Waals surface area contributed by atoms with Gasteiger partial charge in [0, 0.05) is 6.92 Å². The smallest absolute Gasteiger partial charge is 0.249 e. The van der Waals surface area contributed by atoms with Gasteiger partial charge in [0.1, 0.15) is 36.5 Å². The van der Waals surface area contributed by atoms with Crippen LogP contribution in [-0.4, -0.2) is 82.4 Å². The van der Waals surface area contributed by atoms with Gasteiger partial charge in [-0.05, 0) is 39.5 Å². The number of ether oxygens (including phenoxy) is 2. The maximum atomic E-state index is 12.5. The Kier molecular flexibility index (Phi) is 8.98. The van der Waals surface area contributed by atoms with E-state index >= 15 is 0 Å². The molecule has 2 aliphatic rings. The van der Waals surface area contributed by atoms with Gasteiger partial charge in [-0.25, -0.2) is 0 Å². The fourth-order valence-electron chi connectivity index (χ4n) is 3.04. The third-order valence-corrected chi connectivity index (χ3v) is 4.66. The van der Waals surface area contributed by atoms with Crippen molar-refractivity contribution < 1.29 is 39.2 Å². The predicted molar refractivity (Wildman–Crippen MR) is 102 cm³/mol. The summed E-state index contributed by atoms with van der Waals surface area (Å²) in [5.74, 6) is -1.59. The number of hydrogen-bond acceptors (Lipinski definition) is 8. The molecule has 1 aliphatic heterocycles. The summed E-state index contributed by atoms with van der Waals surface area (Å²) in [7, 11) is 0. The van der Waals surface area contributed by atoms with Crippen LogP contribution in [0.3, 0.4) is 0 Å². The molecule has 0 bridgehead atoms. The Morgan fingerprint density at radius 2 is 1.80 bits per heavy atom. The predicted octanol–water partition coefficient (Wildman–Crippen LogP) is -2.68. The van der Waals surface area contributed by atoms with Crippen molar-refractivity contribution in [3.8, 4) is 0 Å². The average molecular weight is 426 g/mol. The van der Waals surface area contributed by atoms with Gasteiger partial charge >= 0.3 is 0 Å². The SMILES string of the molecule is CC(=O)N[C@H]1C(O)O[C@H](CO)[C@@H](O)[C@@H]1O[C@H](C)C(=O)N[C@H](C)C(=O)N[C]1[CH][CH][CH][CH]1. The highest BCUT2D eigenvalue weighted by molar-refractivity contribution is 5.89. The van der Waals surface area contributed by atoms with Gasteiger partial charge in [-0.15, -0.1) is 0 Å². The minimum atomic E-state index is -1.57. The molecule has 0 aromatic rings. The second-order valence-corrected chi connectivity index (χ2v) is 7.10. The van der Waals surface area contributed by atoms with Gasteiger partial charge in [-0.2, -0.15) is 0 Å². The number of nitrogens with one attached hydrogen (secondary N) is 3. The fourth-order valence-corrected chi connectivity index (χ4v) is 3.04. The van der Waals surface area contributed by atoms with Gasteiger partial charge in [-0.3, -0.25) is 14.4 Å². The van der Waals surface area contributed by atoms with Crippen LogP contribution in [-0.2, 0) is 23.9 Å². The highest BCUT2D eigenvalue weighted by Crippen LogP contribution is 2.24. The van der Waals surface area contributed by atoms with E-state index in [-0.39, 0.29) is 0 Å². The van der Waals surface area contributed by atoms with Gasteiger partial charge < -0.3 is 40.7 Å². The Labute approximate surface area is 175 Å². The van der Waals surface area contributed by atoms with Crippen molar-refractivity contribution in [3.63, 3.8) is 0 Å². The third kappa shape index (κ3) is 6.35. The van der Waals surface area contributed by atoms with Crippen molar-refractivity contribution in [2.45, 2.75) is 63.6 Å². The van der Waals surface area contributed by atoms with Gasteiger partial charge in [0.2, 0.25) is 17.7 Å². The van der Waals surface area contributed by atoms with Crippen LogP contribution in [0.4, 0.5) is 0 Å². The Bertz CT molecular complexity index is 613. The van der Waals surface area contributed by atoms with Gasteiger partial charge in [0.15, 0.2) is 6.29 Å². The number of carbonyl (C=O) groups is 3. The lowest BCUT2D eigenvalue weighted by Gasteiger charge is -2.43. The molecule has 0 spiro atoms. The van der Waals surface area contributed by atoms with Crippen LogP contribution in [0, 0.1) is 31.7 Å². The van der Waals surface area contributed by atoms with Crippen LogP contribution in [0.2, 0.25) is 0 Å². The van der Waals surface area contributed by atoms with Crippen LogP contribution >= 0.6 is 0 Å². The van der Waals surface area contributed by atoms with E-state index in [1.807, 2.05) is 0 Å². The molecule has 3 amide bonds. The molecule has 11 heteroatoms. The van der Waals surface area contributed by atoms with E-state index in [0.717, 1.165) is 0 Å². The van der Waals surface area contributed by atoms with Crippen molar-refractivity contribution in [1.82, 2.24) is 16.0 Å². The molecule has 1 saturated carbocycles. The van der Waals surface area contributed by atoms with Crippen LogP contribution < -0.4 is 16.0 Å². The van der Waals surface area contributed by atoms with Crippen molar-refractivity contribution in [3.05, 3.63) is 31.7 Å². The second kappa shape index (κ2) is 11.0. The van der Waals surface area contributed by atoms with E-state index < -0.39 is 67.1 Å². The standard InChI is InChI=1S/C19H28N3O8/c1-9(17(26)22-12-6-4-5-7-12)20-18(27)10(2)29-16-14(21-11(3)24)19(28)30-13(8-23)15(16)25/h4-7,9-10,13-16,19,23,25,28H,8H2,1-3H3,(H,20,27)(H,21,24)(H,22,26)/t9-,10-,13-,14-,15-,16-,19?/m1/s1. The maximum absolute atomic E-state index is 12.5. The molecule has 0 aromatic carbocycles. The minimum absolute atomic E-state index is 0.431. The lowest BCUT2D eigenvalue weighted by molar-refractivity contribution is -0.266. The first-order valence-electron chi connectivity index (χ1n) is 9.52. The maximum Gasteiger partial charge on any atom is 0.249 e. The Hall–Kier alpha value is -1.79. The molecule has 11 nitrogen and oxygen atoms in total. The van der Waals surface area contributed by atoms with Crippen LogP contribution in [0.1, 0.15) is 20.8 Å². The van der Waals surface area contributed by atoms with E-state index in [2.05, 4.69) is 16.0 Å². The Morgan fingerprint density at radius 1 is 1.17 bits per heavy atom. The van der Waals surface area contributed by atoms with Gasteiger partial charge in [0.25, 0.3) is 0 Å². The largest absolute Gasteiger partial charge is 0.394 e. The minimum Gasteiger partial charge on any atom is -0.394 e. The average Bonchev–Trinajstić information content (AvgIpc) is 3.19. The Morgan fingerprint density at radius 3 is 2.37 bits per heavy atom. The quantitative estimate of drug-likeness (QED) is 0.244. The van der Waals surface area contributed by atoms with Crippen molar-refractivity contribution in [1.29, 1.82) is 0 Å². The van der Waals surface area contributed by atoms with Crippen LogP contribution in [0.25, 0.3) is 0 Å². The monoisotopic (exact) mass is 426 g/mol. The molecule has 1 heterocycles. The zero-order chi connectivity index (χ0) is 22.4. The van der Waals surface area contributed by atoms with Crippen LogP contribution in [0.5, 0.6) is 0 Å². The molecular formula is C19H28N3O8. The number of hydrogen-bond donors (Lipinski definition) is 6. The van der Waals surface area contributed by atoms with E-state index in [1.54, 1.807) is 25.7 Å². The third-order valence-electron chi connectivity index (χ3n) is 4.66. The van der Waals surface area contributed by atoms with Gasteiger partial charge in [-0.1, -0.05) is 0 Å². The zero-order valence-corrected chi connectivity index (χ0v) is 16.9. The summed E-state index contributed by atoms with van der Waals surface area (Å²) in [5.41, 5.74) is 0. The molecule has 30 heavy (non-hydrogen) atoms. The van der Waals surface area contributed by atoms with Crippen LogP contribution in [0.15, 0.2) is 0 Å². The molecule has 1 unspecified atom stereocenters. The van der Waals surface area contributed by atoms with E-state index in [4.69, 9.17) is 9.47 Å². The first-order chi connectivity index (χ1) is 14.1. The van der Waals surface area contributed by atoms with E-state index in [1.165, 1.54) is 20.8 Å². The summed E-state index contributed by atoms with van der Waals surface area (Å²) < 4.78 is 10.7. The molecule has 2 rings (SSSR count). The van der Waals surface area contributed by atoms with Crippen molar-refractivity contribution >= 4 is 17.7 Å². The number of aliphatic hydroxyl groups excluding tert-OH is 3. The second-order valence-electron chi connectivity index (χ2n) is 7.10.